The highest BCUT2D eigenvalue weighted by molar-refractivity contribution is 6.32. The van der Waals surface area contributed by atoms with Crippen molar-refractivity contribution in [3.63, 3.8) is 0 Å². The lowest BCUT2D eigenvalue weighted by Crippen LogP contribution is -2.08. The quantitative estimate of drug-likeness (QED) is 0.325. The lowest BCUT2D eigenvalue weighted by molar-refractivity contribution is -0.143. The fourth-order valence-corrected chi connectivity index (χ4v) is 3.70. The summed E-state index contributed by atoms with van der Waals surface area (Å²) in [7, 11) is 0. The van der Waals surface area contributed by atoms with Crippen LogP contribution >= 0.6 is 11.6 Å². The van der Waals surface area contributed by atoms with Crippen LogP contribution in [0.2, 0.25) is 5.02 Å². The van der Waals surface area contributed by atoms with Gasteiger partial charge in [-0.3, -0.25) is 4.79 Å². The van der Waals surface area contributed by atoms with Crippen molar-refractivity contribution in [3.05, 3.63) is 64.3 Å². The highest BCUT2D eigenvalue weighted by atomic mass is 35.5. The fraction of sp³-hybridized carbons (Fsp3) is 0.375. The summed E-state index contributed by atoms with van der Waals surface area (Å²) in [5, 5.41) is 2.03. The molecule has 4 nitrogen and oxygen atoms in total. The number of hydrogen-bond acceptors (Lipinski definition) is 3. The summed E-state index contributed by atoms with van der Waals surface area (Å²) in [4.78, 5) is 11.7. The van der Waals surface area contributed by atoms with E-state index in [1.54, 1.807) is 0 Å². The highest BCUT2D eigenvalue weighted by Gasteiger charge is 2.10. The number of rotatable bonds is 9. The molecule has 0 fully saturated rings. The predicted molar refractivity (Wildman–Crippen MR) is 118 cm³/mol. The standard InChI is InChI=1S/C24H28ClNO3/c1-4-28-23(27)11-12-26-16-19(21-9-5-6-10-22(21)26)8-7-13-29-20-14-17(2)24(25)18(3)15-20/h5-6,9-10,14-16H,4,7-8,11-13H2,1-3H3. The zero-order chi connectivity index (χ0) is 20.8. The Labute approximate surface area is 177 Å². The molecule has 0 saturated heterocycles. The number of aromatic nitrogens is 1. The minimum Gasteiger partial charge on any atom is -0.494 e. The Hall–Kier alpha value is -2.46. The molecule has 3 aromatic rings. The molecular formula is C24H28ClNO3. The summed E-state index contributed by atoms with van der Waals surface area (Å²) >= 11 is 6.22. The smallest absolute Gasteiger partial charge is 0.307 e. The van der Waals surface area contributed by atoms with Gasteiger partial charge in [-0.2, -0.15) is 0 Å². The Morgan fingerprint density at radius 2 is 1.86 bits per heavy atom. The topological polar surface area (TPSA) is 40.5 Å². The fourth-order valence-electron chi connectivity index (χ4n) is 3.59. The van der Waals surface area contributed by atoms with Crippen molar-refractivity contribution >= 4 is 28.5 Å². The van der Waals surface area contributed by atoms with Crippen LogP contribution in [-0.4, -0.2) is 23.8 Å². The number of nitrogens with zero attached hydrogens (tertiary/aromatic N) is 1. The lowest BCUT2D eigenvalue weighted by Gasteiger charge is -2.10. The molecule has 0 amide bonds. The summed E-state index contributed by atoms with van der Waals surface area (Å²) < 4.78 is 13.1. The minimum atomic E-state index is -0.159. The number of carbonyl (C=O) groups is 1. The molecule has 5 heteroatoms. The van der Waals surface area contributed by atoms with Crippen LogP contribution in [-0.2, 0) is 22.5 Å². The first-order valence-corrected chi connectivity index (χ1v) is 10.5. The third-order valence-electron chi connectivity index (χ3n) is 5.00. The normalized spacial score (nSPS) is 11.0. The number of halogens is 1. The van der Waals surface area contributed by atoms with E-state index in [1.807, 2.05) is 39.0 Å². The van der Waals surface area contributed by atoms with Gasteiger partial charge in [0.2, 0.25) is 0 Å². The van der Waals surface area contributed by atoms with Crippen molar-refractivity contribution < 1.29 is 14.3 Å². The number of benzene rings is 2. The Kier molecular flexibility index (Phi) is 7.21. The van der Waals surface area contributed by atoms with E-state index < -0.39 is 0 Å². The predicted octanol–water partition coefficient (Wildman–Crippen LogP) is 5.88. The maximum atomic E-state index is 11.7. The zero-order valence-electron chi connectivity index (χ0n) is 17.3. The second-order valence-electron chi connectivity index (χ2n) is 7.24. The van der Waals surface area contributed by atoms with Crippen LogP contribution in [0.3, 0.4) is 0 Å². The first kappa shape index (κ1) is 21.3. The molecule has 2 aromatic carbocycles. The maximum absolute atomic E-state index is 11.7. The van der Waals surface area contributed by atoms with Gasteiger partial charge in [0.15, 0.2) is 0 Å². The van der Waals surface area contributed by atoms with Gasteiger partial charge in [0.25, 0.3) is 0 Å². The molecule has 1 heterocycles. The van der Waals surface area contributed by atoms with Gasteiger partial charge in [-0.15, -0.1) is 0 Å². The van der Waals surface area contributed by atoms with E-state index in [4.69, 9.17) is 21.1 Å². The number of fused-ring (bicyclic) bond motifs is 1. The van der Waals surface area contributed by atoms with Crippen LogP contribution in [0, 0.1) is 13.8 Å². The van der Waals surface area contributed by atoms with Gasteiger partial charge in [-0.25, -0.2) is 0 Å². The van der Waals surface area contributed by atoms with Crippen molar-refractivity contribution in [2.75, 3.05) is 13.2 Å². The molecule has 0 atom stereocenters. The Balaban J connectivity index is 1.62. The number of esters is 1. The molecule has 29 heavy (non-hydrogen) atoms. The summed E-state index contributed by atoms with van der Waals surface area (Å²) in [6.07, 6.45) is 4.36. The average molecular weight is 414 g/mol. The lowest BCUT2D eigenvalue weighted by atomic mass is 10.1. The van der Waals surface area contributed by atoms with Crippen molar-refractivity contribution in [2.45, 2.75) is 46.6 Å². The molecule has 0 aliphatic rings. The van der Waals surface area contributed by atoms with Gasteiger partial charge >= 0.3 is 5.97 Å². The molecule has 0 saturated carbocycles. The summed E-state index contributed by atoms with van der Waals surface area (Å²) in [6, 6.07) is 12.3. The molecule has 3 rings (SSSR count). The van der Waals surface area contributed by atoms with Crippen molar-refractivity contribution in [3.8, 4) is 5.75 Å². The Morgan fingerprint density at radius 3 is 2.59 bits per heavy atom. The van der Waals surface area contributed by atoms with Crippen LogP contribution in [0.4, 0.5) is 0 Å². The number of aryl methyl sites for hydroxylation is 4. The van der Waals surface area contributed by atoms with Crippen molar-refractivity contribution in [1.29, 1.82) is 0 Å². The van der Waals surface area contributed by atoms with Gasteiger partial charge < -0.3 is 14.0 Å². The van der Waals surface area contributed by atoms with Crippen LogP contribution in [0.1, 0.15) is 36.5 Å². The third kappa shape index (κ3) is 5.33. The second-order valence-corrected chi connectivity index (χ2v) is 7.62. The molecule has 0 aliphatic heterocycles. The van der Waals surface area contributed by atoms with E-state index >= 15 is 0 Å². The van der Waals surface area contributed by atoms with Gasteiger partial charge in [0.1, 0.15) is 5.75 Å². The summed E-state index contributed by atoms with van der Waals surface area (Å²) in [5.74, 6) is 0.704. The Morgan fingerprint density at radius 1 is 1.14 bits per heavy atom. The van der Waals surface area contributed by atoms with E-state index in [0.29, 0.717) is 26.2 Å². The first-order chi connectivity index (χ1) is 14.0. The summed E-state index contributed by atoms with van der Waals surface area (Å²) in [6.45, 7) is 7.50. The van der Waals surface area contributed by atoms with Crippen LogP contribution in [0.15, 0.2) is 42.6 Å². The number of carbonyl (C=O) groups excluding carboxylic acids is 1. The van der Waals surface area contributed by atoms with Crippen LogP contribution in [0.25, 0.3) is 10.9 Å². The largest absolute Gasteiger partial charge is 0.494 e. The molecular weight excluding hydrogens is 386 g/mol. The first-order valence-electron chi connectivity index (χ1n) is 10.1. The molecule has 154 valence electrons. The Bertz CT molecular complexity index is 970. The molecule has 0 radical (unpaired) electrons. The van der Waals surface area contributed by atoms with Crippen molar-refractivity contribution in [1.82, 2.24) is 4.57 Å². The SMILES string of the molecule is CCOC(=O)CCn1cc(CCCOc2cc(C)c(Cl)c(C)c2)c2ccccc21. The van der Waals surface area contributed by atoms with Gasteiger partial charge in [-0.05, 0) is 68.5 Å². The van der Waals surface area contributed by atoms with Crippen LogP contribution < -0.4 is 4.74 Å². The molecule has 0 bridgehead atoms. The molecule has 0 spiro atoms. The molecule has 0 aliphatic carbocycles. The van der Waals surface area contributed by atoms with Crippen molar-refractivity contribution in [2.24, 2.45) is 0 Å². The van der Waals surface area contributed by atoms with E-state index in [2.05, 4.69) is 29.0 Å². The zero-order valence-corrected chi connectivity index (χ0v) is 18.1. The minimum absolute atomic E-state index is 0.159. The number of hydrogen-bond donors (Lipinski definition) is 0. The van der Waals surface area contributed by atoms with E-state index in [-0.39, 0.29) is 5.97 Å². The van der Waals surface area contributed by atoms with E-state index in [9.17, 15) is 4.79 Å². The molecule has 0 N–H and O–H groups in total. The highest BCUT2D eigenvalue weighted by Crippen LogP contribution is 2.26. The monoisotopic (exact) mass is 413 g/mol. The summed E-state index contributed by atoms with van der Waals surface area (Å²) in [5.41, 5.74) is 4.49. The second kappa shape index (κ2) is 9.84. The van der Waals surface area contributed by atoms with E-state index in [1.165, 1.54) is 10.9 Å². The number of ether oxygens (including phenoxy) is 2. The molecule has 1 aromatic heterocycles. The molecule has 0 unspecified atom stereocenters. The van der Waals surface area contributed by atoms with Crippen LogP contribution in [0.5, 0.6) is 5.75 Å². The van der Waals surface area contributed by atoms with E-state index in [0.717, 1.165) is 40.3 Å². The third-order valence-corrected chi connectivity index (χ3v) is 5.60. The van der Waals surface area contributed by atoms with Gasteiger partial charge in [-0.1, -0.05) is 29.8 Å². The van der Waals surface area contributed by atoms with Gasteiger partial charge in [0.05, 0.1) is 19.6 Å². The maximum Gasteiger partial charge on any atom is 0.307 e. The van der Waals surface area contributed by atoms with Gasteiger partial charge in [0, 0.05) is 28.7 Å². The number of para-hydroxylation sites is 1. The average Bonchev–Trinajstić information content (AvgIpc) is 3.06.